The van der Waals surface area contributed by atoms with E-state index in [0.29, 0.717) is 19.4 Å². The number of cyclic esters (lactones) is 1. The Bertz CT molecular complexity index is 725. The van der Waals surface area contributed by atoms with Crippen LogP contribution in [0.2, 0.25) is 0 Å². The minimum atomic E-state index is -0.284. The van der Waals surface area contributed by atoms with Gasteiger partial charge >= 0.3 is 5.97 Å². The molecule has 0 saturated carbocycles. The lowest BCUT2D eigenvalue weighted by atomic mass is 9.85. The third kappa shape index (κ3) is 3.39. The first kappa shape index (κ1) is 15.2. The summed E-state index contributed by atoms with van der Waals surface area (Å²) in [6, 6.07) is 11.5. The average Bonchev–Trinajstić information content (AvgIpc) is 2.84. The van der Waals surface area contributed by atoms with Crippen LogP contribution in [0.15, 0.2) is 42.5 Å². The number of hydrogen-bond donors (Lipinski definition) is 3. The second kappa shape index (κ2) is 6.20. The normalized spacial score (nSPS) is 20.4. The smallest absolute Gasteiger partial charge is 0.309 e. The zero-order chi connectivity index (χ0) is 16.4. The topological polar surface area (TPSA) is 87.0 Å². The summed E-state index contributed by atoms with van der Waals surface area (Å²) in [6.45, 7) is 0.337. The number of ether oxygens (including phenoxy) is 1. The lowest BCUT2D eigenvalue weighted by molar-refractivity contribution is -0.141. The molecule has 1 aliphatic rings. The SMILES string of the molecule is O=C1OC[C@H](Cc2ccc(O)c(O)c2)[C@H]1Cc1cccc(O)c1. The van der Waals surface area contributed by atoms with Crippen molar-refractivity contribution in [1.82, 2.24) is 0 Å². The number of phenols is 3. The molecule has 3 N–H and O–H groups in total. The highest BCUT2D eigenvalue weighted by molar-refractivity contribution is 5.75. The molecule has 0 aliphatic carbocycles. The third-order valence-corrected chi connectivity index (χ3v) is 4.22. The first-order valence-corrected chi connectivity index (χ1v) is 7.48. The molecule has 1 aliphatic heterocycles. The van der Waals surface area contributed by atoms with E-state index >= 15 is 0 Å². The molecule has 1 saturated heterocycles. The number of aromatic hydroxyl groups is 3. The fraction of sp³-hybridized carbons (Fsp3) is 0.278. The zero-order valence-corrected chi connectivity index (χ0v) is 12.5. The van der Waals surface area contributed by atoms with Gasteiger partial charge in [-0.2, -0.15) is 0 Å². The summed E-state index contributed by atoms with van der Waals surface area (Å²) in [5.74, 6) is -0.683. The molecule has 23 heavy (non-hydrogen) atoms. The standard InChI is InChI=1S/C18H18O5/c19-14-3-1-2-11(7-14)8-15-13(10-23-18(15)22)6-12-4-5-16(20)17(21)9-12/h1-5,7,9,13,15,19-21H,6,8,10H2/t13-,15+/m0/s1. The zero-order valence-electron chi connectivity index (χ0n) is 12.5. The van der Waals surface area contributed by atoms with Crippen LogP contribution in [0.3, 0.4) is 0 Å². The van der Waals surface area contributed by atoms with Crippen LogP contribution < -0.4 is 0 Å². The number of rotatable bonds is 4. The Morgan fingerprint density at radius 2 is 1.74 bits per heavy atom. The molecule has 5 nitrogen and oxygen atoms in total. The van der Waals surface area contributed by atoms with Gasteiger partial charge in [-0.15, -0.1) is 0 Å². The monoisotopic (exact) mass is 314 g/mol. The Hall–Kier alpha value is -2.69. The van der Waals surface area contributed by atoms with E-state index in [1.807, 2.05) is 6.07 Å². The molecule has 0 unspecified atom stereocenters. The van der Waals surface area contributed by atoms with Gasteiger partial charge in [-0.3, -0.25) is 4.79 Å². The molecule has 0 aromatic heterocycles. The van der Waals surface area contributed by atoms with Gasteiger partial charge in [0.2, 0.25) is 0 Å². The fourth-order valence-electron chi connectivity index (χ4n) is 2.99. The van der Waals surface area contributed by atoms with E-state index in [-0.39, 0.29) is 35.1 Å². The predicted octanol–water partition coefficient (Wildman–Crippen LogP) is 2.38. The molecule has 3 rings (SSSR count). The van der Waals surface area contributed by atoms with Crippen LogP contribution in [0.5, 0.6) is 17.2 Å². The molecule has 0 bridgehead atoms. The van der Waals surface area contributed by atoms with E-state index in [9.17, 15) is 20.1 Å². The van der Waals surface area contributed by atoms with Crippen LogP contribution in [-0.2, 0) is 22.4 Å². The van der Waals surface area contributed by atoms with Gasteiger partial charge in [-0.1, -0.05) is 18.2 Å². The van der Waals surface area contributed by atoms with Crippen molar-refractivity contribution in [2.75, 3.05) is 6.61 Å². The van der Waals surface area contributed by atoms with Crippen molar-refractivity contribution in [2.45, 2.75) is 12.8 Å². The molecule has 1 fully saturated rings. The maximum Gasteiger partial charge on any atom is 0.309 e. The first-order chi connectivity index (χ1) is 11.0. The summed E-state index contributed by atoms with van der Waals surface area (Å²) in [4.78, 5) is 12.0. The third-order valence-electron chi connectivity index (χ3n) is 4.22. The van der Waals surface area contributed by atoms with Gasteiger partial charge in [0.05, 0.1) is 12.5 Å². The van der Waals surface area contributed by atoms with Crippen LogP contribution >= 0.6 is 0 Å². The molecule has 2 atom stereocenters. The number of esters is 1. The van der Waals surface area contributed by atoms with Crippen LogP contribution in [0.1, 0.15) is 11.1 Å². The quantitative estimate of drug-likeness (QED) is 0.596. The Balaban J connectivity index is 1.75. The van der Waals surface area contributed by atoms with Crippen LogP contribution in [0.4, 0.5) is 0 Å². The second-order valence-corrected chi connectivity index (χ2v) is 5.90. The molecule has 2 aromatic rings. The summed E-state index contributed by atoms with van der Waals surface area (Å²) < 4.78 is 5.19. The van der Waals surface area contributed by atoms with Crippen molar-refractivity contribution < 1.29 is 24.9 Å². The second-order valence-electron chi connectivity index (χ2n) is 5.90. The minimum Gasteiger partial charge on any atom is -0.508 e. The van der Waals surface area contributed by atoms with Crippen LogP contribution in [0.25, 0.3) is 0 Å². The number of carbonyl (C=O) groups is 1. The molecule has 0 radical (unpaired) electrons. The number of hydrogen-bond acceptors (Lipinski definition) is 5. The maximum absolute atomic E-state index is 12.0. The van der Waals surface area contributed by atoms with Crippen molar-refractivity contribution >= 4 is 5.97 Å². The molecule has 1 heterocycles. The fourth-order valence-corrected chi connectivity index (χ4v) is 2.99. The van der Waals surface area contributed by atoms with Crippen molar-refractivity contribution in [2.24, 2.45) is 11.8 Å². The molecule has 120 valence electrons. The van der Waals surface area contributed by atoms with Crippen molar-refractivity contribution in [1.29, 1.82) is 0 Å². The summed E-state index contributed by atoms with van der Waals surface area (Å²) in [7, 11) is 0. The summed E-state index contributed by atoms with van der Waals surface area (Å²) >= 11 is 0. The highest BCUT2D eigenvalue weighted by Crippen LogP contribution is 2.32. The minimum absolute atomic E-state index is 0.00575. The average molecular weight is 314 g/mol. The van der Waals surface area contributed by atoms with E-state index < -0.39 is 0 Å². The largest absolute Gasteiger partial charge is 0.508 e. The van der Waals surface area contributed by atoms with E-state index in [0.717, 1.165) is 11.1 Å². The summed E-state index contributed by atoms with van der Waals surface area (Å²) in [5.41, 5.74) is 1.72. The van der Waals surface area contributed by atoms with Crippen molar-refractivity contribution in [3.63, 3.8) is 0 Å². The molecular formula is C18H18O5. The Labute approximate surface area is 133 Å². The van der Waals surface area contributed by atoms with E-state index in [4.69, 9.17) is 4.74 Å². The molecule has 0 amide bonds. The predicted molar refractivity (Wildman–Crippen MR) is 83.2 cm³/mol. The van der Waals surface area contributed by atoms with E-state index in [1.165, 1.54) is 12.1 Å². The van der Waals surface area contributed by atoms with Crippen LogP contribution in [-0.4, -0.2) is 27.9 Å². The Morgan fingerprint density at radius 1 is 0.957 bits per heavy atom. The lowest BCUT2D eigenvalue weighted by Crippen LogP contribution is -2.20. The lowest BCUT2D eigenvalue weighted by Gasteiger charge is -2.16. The highest BCUT2D eigenvalue weighted by atomic mass is 16.5. The first-order valence-electron chi connectivity index (χ1n) is 7.48. The summed E-state index contributed by atoms with van der Waals surface area (Å²) in [5, 5.41) is 28.5. The Morgan fingerprint density at radius 3 is 2.48 bits per heavy atom. The van der Waals surface area contributed by atoms with Gasteiger partial charge in [-0.05, 0) is 48.2 Å². The Kier molecular flexibility index (Phi) is 4.10. The number of phenolic OH excluding ortho intramolecular Hbond substituents is 3. The molecule has 0 spiro atoms. The van der Waals surface area contributed by atoms with Gasteiger partial charge < -0.3 is 20.1 Å². The van der Waals surface area contributed by atoms with Gasteiger partial charge in [0.25, 0.3) is 0 Å². The van der Waals surface area contributed by atoms with Crippen molar-refractivity contribution in [3.8, 4) is 17.2 Å². The van der Waals surface area contributed by atoms with Crippen LogP contribution in [0, 0.1) is 11.8 Å². The van der Waals surface area contributed by atoms with Crippen molar-refractivity contribution in [3.05, 3.63) is 53.6 Å². The van der Waals surface area contributed by atoms with Gasteiger partial charge in [-0.25, -0.2) is 0 Å². The number of benzene rings is 2. The molecule has 5 heteroatoms. The highest BCUT2D eigenvalue weighted by Gasteiger charge is 2.36. The summed E-state index contributed by atoms with van der Waals surface area (Å²) in [6.07, 6.45) is 1.07. The van der Waals surface area contributed by atoms with Gasteiger partial charge in [0.1, 0.15) is 5.75 Å². The number of carbonyl (C=O) groups excluding carboxylic acids is 1. The van der Waals surface area contributed by atoms with E-state index in [1.54, 1.807) is 24.3 Å². The molecule has 2 aromatic carbocycles. The maximum atomic E-state index is 12.0. The van der Waals surface area contributed by atoms with Gasteiger partial charge in [0.15, 0.2) is 11.5 Å². The molecular weight excluding hydrogens is 296 g/mol. The van der Waals surface area contributed by atoms with Gasteiger partial charge in [0, 0.05) is 5.92 Å². The van der Waals surface area contributed by atoms with E-state index in [2.05, 4.69) is 0 Å².